The van der Waals surface area contributed by atoms with Crippen molar-refractivity contribution in [3.63, 3.8) is 0 Å². The molecule has 0 amide bonds. The van der Waals surface area contributed by atoms with Crippen molar-refractivity contribution >= 4 is 7.82 Å². The minimum Gasteiger partial charge on any atom is -0.788 e. The van der Waals surface area contributed by atoms with E-state index < -0.39 is 7.82 Å². The zero-order valence-electron chi connectivity index (χ0n) is 3.23. The van der Waals surface area contributed by atoms with Crippen LogP contribution >= 0.6 is 7.82 Å². The van der Waals surface area contributed by atoms with Gasteiger partial charge in [0.15, 0.2) is 0 Å². The van der Waals surface area contributed by atoms with Crippen LogP contribution in [-0.2, 0) is 9.24 Å². The van der Waals surface area contributed by atoms with Crippen LogP contribution in [0.5, 0.6) is 0 Å². The van der Waals surface area contributed by atoms with Gasteiger partial charge in [0.1, 0.15) is 0 Å². The van der Waals surface area contributed by atoms with Crippen LogP contribution in [-0.4, -0.2) is 5.26 Å². The van der Waals surface area contributed by atoms with Gasteiger partial charge in [-0.3, -0.25) is 0 Å². The summed E-state index contributed by atoms with van der Waals surface area (Å²) in [5.41, 5.74) is 0. The number of hydrogen-bond acceptors (Lipinski definition) is 5. The van der Waals surface area contributed by atoms with E-state index in [2.05, 4.69) is 4.67 Å². The van der Waals surface area contributed by atoms with Crippen LogP contribution in [0.4, 0.5) is 0 Å². The molecule has 38 valence electrons. The van der Waals surface area contributed by atoms with Crippen LogP contribution in [0.3, 0.4) is 0 Å². The molecule has 1 N–H and O–H groups in total. The van der Waals surface area contributed by atoms with Gasteiger partial charge >= 0.3 is 45.0 Å². The van der Waals surface area contributed by atoms with Crippen molar-refractivity contribution in [3.05, 3.63) is 0 Å². The molecule has 0 aromatic heterocycles. The molecule has 0 saturated heterocycles. The maximum atomic E-state index is 9.00. The first kappa shape index (κ1) is 11.3. The van der Waals surface area contributed by atoms with Gasteiger partial charge in [0, 0.05) is 0 Å². The molecule has 7 heteroatoms. The first-order valence-electron chi connectivity index (χ1n) is 0.913. The van der Waals surface area contributed by atoms with Crippen LogP contribution in [0.1, 0.15) is 0 Å². The topological polar surface area (TPSA) is 92.7 Å². The maximum absolute atomic E-state index is 9.00. The summed E-state index contributed by atoms with van der Waals surface area (Å²) in [6.45, 7) is 0. The fourth-order valence-electron chi connectivity index (χ4n) is 0. The third kappa shape index (κ3) is 11.2. The van der Waals surface area contributed by atoms with Gasteiger partial charge in [-0.05, 0) is 0 Å². The monoisotopic (exact) mass is 338 g/mol. The van der Waals surface area contributed by atoms with Gasteiger partial charge in [0.2, 0.25) is 0 Å². The van der Waals surface area contributed by atoms with Crippen LogP contribution in [0, 0.1) is 45.0 Å². The summed E-state index contributed by atoms with van der Waals surface area (Å²) in [5, 5.41) is 7.01. The minimum atomic E-state index is -5.09. The standard InChI is InChI=1S/H3O5P.Ra/c1-5-6(2,3)4;/h1H,(H2,2,3,4);/q;+2/p-2. The second kappa shape index (κ2) is 4.42. The number of hydrogen-bond donors (Lipinski definition) is 1. The maximum Gasteiger partial charge on any atom is 2.00 e. The number of phosphoric acid groups is 1. The molecule has 0 spiro atoms. The fraction of sp³-hybridized carbons (Fsp3) is 0. The molecule has 0 aliphatic rings. The van der Waals surface area contributed by atoms with Crippen molar-refractivity contribution in [2.24, 2.45) is 0 Å². The van der Waals surface area contributed by atoms with E-state index in [-0.39, 0.29) is 45.0 Å². The molecule has 0 aliphatic carbocycles. The smallest absolute Gasteiger partial charge is 0.788 e. The summed E-state index contributed by atoms with van der Waals surface area (Å²) in [4.78, 5) is 18.0. The van der Waals surface area contributed by atoms with Crippen molar-refractivity contribution in [1.82, 2.24) is 0 Å². The van der Waals surface area contributed by atoms with E-state index in [4.69, 9.17) is 19.6 Å². The Kier molecular flexibility index (Phi) is 7.17. The average Bonchev–Trinajstić information content (AvgIpc) is 1.35. The molecule has 7 heavy (non-hydrogen) atoms. The Balaban J connectivity index is 0. The van der Waals surface area contributed by atoms with Crippen molar-refractivity contribution in [1.29, 1.82) is 0 Å². The molecule has 0 unspecified atom stereocenters. The summed E-state index contributed by atoms with van der Waals surface area (Å²) < 4.78 is 11.4. The SMILES string of the molecule is O=P([O-])([O-])OO.[Ra+2]. The first-order chi connectivity index (χ1) is 2.56. The predicted molar refractivity (Wildman–Crippen MR) is 11.3 cm³/mol. The molecular formula is HO5PRa. The van der Waals surface area contributed by atoms with Crippen LogP contribution in [0.25, 0.3) is 0 Å². The molecular weight excluding hydrogens is 337 g/mol. The zero-order valence-corrected chi connectivity index (χ0v) is 9.94. The molecule has 0 saturated carbocycles. The van der Waals surface area contributed by atoms with Crippen molar-refractivity contribution < 1.29 is 69.3 Å². The third-order valence-corrected chi connectivity index (χ3v) is 0.300. The van der Waals surface area contributed by atoms with Crippen LogP contribution in [0.2, 0.25) is 0 Å². The molecule has 5 nitrogen and oxygen atoms in total. The van der Waals surface area contributed by atoms with E-state index in [1.165, 1.54) is 0 Å². The van der Waals surface area contributed by atoms with E-state index >= 15 is 0 Å². The second-order valence-corrected chi connectivity index (χ2v) is 1.59. The average molecular weight is 338 g/mol. The largest absolute Gasteiger partial charge is 2.00 e. The van der Waals surface area contributed by atoms with E-state index in [9.17, 15) is 0 Å². The second-order valence-electron chi connectivity index (χ2n) is 0.529. The van der Waals surface area contributed by atoms with E-state index in [1.54, 1.807) is 0 Å². The molecule has 0 atom stereocenters. The molecule has 0 heterocycles. The predicted octanol–water partition coefficient (Wildman–Crippen LogP) is -1.70. The van der Waals surface area contributed by atoms with Gasteiger partial charge in [-0.1, -0.05) is 0 Å². The fourth-order valence-corrected chi connectivity index (χ4v) is 0. The Bertz CT molecular complexity index is 72.1. The summed E-state index contributed by atoms with van der Waals surface area (Å²) in [6.07, 6.45) is 0. The van der Waals surface area contributed by atoms with Crippen molar-refractivity contribution in [3.8, 4) is 0 Å². The summed E-state index contributed by atoms with van der Waals surface area (Å²) in [7, 11) is -5.09. The molecule has 0 fully saturated rings. The summed E-state index contributed by atoms with van der Waals surface area (Å²) >= 11 is 0. The Morgan fingerprint density at radius 2 is 1.71 bits per heavy atom. The van der Waals surface area contributed by atoms with Gasteiger partial charge in [-0.2, -0.15) is 0 Å². The Hall–Kier alpha value is 1.54. The quantitative estimate of drug-likeness (QED) is 0.350. The first-order valence-corrected chi connectivity index (χ1v) is 2.37. The van der Waals surface area contributed by atoms with E-state index in [1.807, 2.05) is 0 Å². The molecule has 0 aliphatic heterocycles. The van der Waals surface area contributed by atoms with Crippen LogP contribution < -0.4 is 9.79 Å². The molecule has 0 bridgehead atoms. The Morgan fingerprint density at radius 3 is 1.71 bits per heavy atom. The van der Waals surface area contributed by atoms with Crippen molar-refractivity contribution in [2.75, 3.05) is 0 Å². The third-order valence-electron chi connectivity index (χ3n) is 0.100. The normalized spacial score (nSPS) is 10.1. The van der Waals surface area contributed by atoms with E-state index in [0.717, 1.165) is 0 Å². The molecule has 0 aromatic carbocycles. The zero-order chi connectivity index (χ0) is 5.21. The minimum absolute atomic E-state index is 0. The number of rotatable bonds is 1. The Labute approximate surface area is 76.3 Å². The van der Waals surface area contributed by atoms with Gasteiger partial charge in [0.05, 0.1) is 7.82 Å². The summed E-state index contributed by atoms with van der Waals surface area (Å²) in [6, 6.07) is 0. The molecule has 0 radical (unpaired) electrons. The van der Waals surface area contributed by atoms with Gasteiger partial charge in [-0.15, -0.1) is 0 Å². The molecule has 0 aromatic rings. The van der Waals surface area contributed by atoms with E-state index in [0.29, 0.717) is 0 Å². The Morgan fingerprint density at radius 1 is 1.57 bits per heavy atom. The molecule has 0 rings (SSSR count). The summed E-state index contributed by atoms with van der Waals surface area (Å²) in [5.74, 6) is 0. The van der Waals surface area contributed by atoms with Crippen molar-refractivity contribution in [2.45, 2.75) is 0 Å². The van der Waals surface area contributed by atoms with Gasteiger partial charge in [-0.25, -0.2) is 9.93 Å². The van der Waals surface area contributed by atoms with Crippen LogP contribution in [0.15, 0.2) is 0 Å². The van der Waals surface area contributed by atoms with Gasteiger partial charge in [0.25, 0.3) is 0 Å². The van der Waals surface area contributed by atoms with Gasteiger partial charge < -0.3 is 14.4 Å².